The second-order valence-electron chi connectivity index (χ2n) is 5.85. The summed E-state index contributed by atoms with van der Waals surface area (Å²) in [5, 5.41) is 9.58. The lowest BCUT2D eigenvalue weighted by Gasteiger charge is -2.38. The zero-order chi connectivity index (χ0) is 17.4. The Morgan fingerprint density at radius 2 is 1.96 bits per heavy atom. The molecular weight excluding hydrogens is 406 g/mol. The molecule has 2 atom stereocenters. The zero-order valence-electron chi connectivity index (χ0n) is 12.9. The Kier molecular flexibility index (Phi) is 5.57. The lowest BCUT2D eigenvalue weighted by Crippen LogP contribution is -2.49. The maximum atomic E-state index is 13.0. The molecule has 0 spiro atoms. The van der Waals surface area contributed by atoms with E-state index in [4.69, 9.17) is 0 Å². The molecule has 1 saturated heterocycles. The highest BCUT2D eigenvalue weighted by Gasteiger charge is 2.38. The summed E-state index contributed by atoms with van der Waals surface area (Å²) in [5.74, 6) is 0.0420. The van der Waals surface area contributed by atoms with E-state index < -0.39 is 25.9 Å². The van der Waals surface area contributed by atoms with E-state index in [0.29, 0.717) is 17.4 Å². The number of piperidine rings is 1. The second kappa shape index (κ2) is 6.79. The summed E-state index contributed by atoms with van der Waals surface area (Å²) < 4.78 is 51.0. The molecule has 0 radical (unpaired) electrons. The van der Waals surface area contributed by atoms with E-state index >= 15 is 0 Å². The number of rotatable bonds is 4. The number of hydrogen-bond acceptors (Lipinski definition) is 5. The van der Waals surface area contributed by atoms with Crippen LogP contribution in [0.3, 0.4) is 0 Å². The largest absolute Gasteiger partial charge is 0.395 e. The fourth-order valence-corrected chi connectivity index (χ4v) is 6.24. The number of hydrogen-bond donors (Lipinski definition) is 1. The molecule has 1 aliphatic heterocycles. The minimum atomic E-state index is -3.91. The number of aliphatic hydroxyl groups is 1. The molecule has 0 unspecified atom stereocenters. The van der Waals surface area contributed by atoms with Gasteiger partial charge in [0.1, 0.15) is 0 Å². The lowest BCUT2D eigenvalue weighted by molar-refractivity contribution is 0.113. The van der Waals surface area contributed by atoms with Gasteiger partial charge < -0.3 is 5.11 Å². The minimum Gasteiger partial charge on any atom is -0.395 e. The van der Waals surface area contributed by atoms with E-state index in [1.165, 1.54) is 22.5 Å². The van der Waals surface area contributed by atoms with Crippen molar-refractivity contribution < 1.29 is 21.9 Å². The van der Waals surface area contributed by atoms with Crippen molar-refractivity contribution in [2.45, 2.75) is 35.6 Å². The lowest BCUT2D eigenvalue weighted by atomic mass is 9.93. The van der Waals surface area contributed by atoms with Gasteiger partial charge in [-0.1, -0.05) is 6.92 Å². The molecule has 0 saturated carbocycles. The summed E-state index contributed by atoms with van der Waals surface area (Å²) in [6.07, 6.45) is 2.59. The smallest absolute Gasteiger partial charge is 0.244 e. The topological polar surface area (TPSA) is 91.8 Å². The van der Waals surface area contributed by atoms with Gasteiger partial charge in [-0.15, -0.1) is 0 Å². The third-order valence-electron chi connectivity index (χ3n) is 4.17. The zero-order valence-corrected chi connectivity index (χ0v) is 16.2. The molecule has 1 fully saturated rings. The maximum Gasteiger partial charge on any atom is 0.244 e. The number of benzene rings is 1. The third kappa shape index (κ3) is 3.79. The van der Waals surface area contributed by atoms with Crippen molar-refractivity contribution in [3.8, 4) is 0 Å². The first kappa shape index (κ1) is 18.9. The molecule has 1 heterocycles. The molecule has 1 aliphatic rings. The van der Waals surface area contributed by atoms with Gasteiger partial charge in [0.15, 0.2) is 9.84 Å². The molecule has 0 aliphatic carbocycles. The molecule has 0 amide bonds. The molecule has 1 aromatic carbocycles. The first-order valence-corrected chi connectivity index (χ1v) is 11.3. The monoisotopic (exact) mass is 425 g/mol. The first-order chi connectivity index (χ1) is 10.6. The van der Waals surface area contributed by atoms with E-state index in [1.54, 1.807) is 0 Å². The predicted molar refractivity (Wildman–Crippen MR) is 90.4 cm³/mol. The molecule has 1 aromatic rings. The molecule has 0 aromatic heterocycles. The van der Waals surface area contributed by atoms with Crippen LogP contribution in [0, 0.1) is 5.92 Å². The van der Waals surface area contributed by atoms with E-state index in [-0.39, 0.29) is 22.3 Å². The van der Waals surface area contributed by atoms with Crippen molar-refractivity contribution in [1.29, 1.82) is 0 Å². The van der Waals surface area contributed by atoms with Gasteiger partial charge in [0.2, 0.25) is 10.0 Å². The molecule has 6 nitrogen and oxygen atoms in total. The van der Waals surface area contributed by atoms with Crippen LogP contribution in [-0.2, 0) is 19.9 Å². The van der Waals surface area contributed by atoms with Gasteiger partial charge in [0.25, 0.3) is 0 Å². The van der Waals surface area contributed by atoms with Gasteiger partial charge in [0.05, 0.1) is 22.4 Å². The summed E-state index contributed by atoms with van der Waals surface area (Å²) in [5.41, 5.74) is 0. The summed E-state index contributed by atoms with van der Waals surface area (Å²) in [6, 6.07) is 3.45. The van der Waals surface area contributed by atoms with Crippen LogP contribution in [0.15, 0.2) is 32.5 Å². The average Bonchev–Trinajstić information content (AvgIpc) is 2.45. The van der Waals surface area contributed by atoms with Crippen LogP contribution < -0.4 is 0 Å². The van der Waals surface area contributed by atoms with Crippen molar-refractivity contribution in [3.05, 3.63) is 22.7 Å². The first-order valence-electron chi connectivity index (χ1n) is 7.21. The Hall–Kier alpha value is -0.480. The fourth-order valence-electron chi connectivity index (χ4n) is 2.82. The molecular formula is C14H20BrNO5S2. The van der Waals surface area contributed by atoms with Gasteiger partial charge in [-0.2, -0.15) is 4.31 Å². The quantitative estimate of drug-likeness (QED) is 0.791. The van der Waals surface area contributed by atoms with E-state index in [0.717, 1.165) is 12.7 Å². The molecule has 0 bridgehead atoms. The summed E-state index contributed by atoms with van der Waals surface area (Å²) >= 11 is 3.19. The van der Waals surface area contributed by atoms with E-state index in [1.807, 2.05) is 6.92 Å². The van der Waals surface area contributed by atoms with Crippen molar-refractivity contribution >= 4 is 35.8 Å². The Morgan fingerprint density at radius 1 is 1.30 bits per heavy atom. The van der Waals surface area contributed by atoms with Crippen LogP contribution in [0.25, 0.3) is 0 Å². The standard InChI is InChI=1S/C14H20BrNO5S2/c1-10-4-3-7-16(13(10)9-17)23(20,21)14-8-11(22(2,18)19)5-6-12(14)15/h5-6,8,10,13,17H,3-4,7,9H2,1-2H3/t10-,13+/m0/s1. The van der Waals surface area contributed by atoms with E-state index in [9.17, 15) is 21.9 Å². The maximum absolute atomic E-state index is 13.0. The van der Waals surface area contributed by atoms with Gasteiger partial charge in [-0.3, -0.25) is 0 Å². The van der Waals surface area contributed by atoms with Gasteiger partial charge in [0, 0.05) is 17.3 Å². The van der Waals surface area contributed by atoms with Crippen LogP contribution in [-0.4, -0.2) is 51.7 Å². The predicted octanol–water partition coefficient (Wildman–Crippen LogP) is 1.63. The summed E-state index contributed by atoms with van der Waals surface area (Å²) in [7, 11) is -7.42. The van der Waals surface area contributed by atoms with Crippen molar-refractivity contribution in [2.75, 3.05) is 19.4 Å². The van der Waals surface area contributed by atoms with Crippen molar-refractivity contribution in [3.63, 3.8) is 0 Å². The second-order valence-corrected chi connectivity index (χ2v) is 10.6. The fraction of sp³-hybridized carbons (Fsp3) is 0.571. The summed E-state index contributed by atoms with van der Waals surface area (Å²) in [6.45, 7) is 1.96. The highest BCUT2D eigenvalue weighted by Crippen LogP contribution is 2.33. The van der Waals surface area contributed by atoms with Gasteiger partial charge in [-0.25, -0.2) is 16.8 Å². The number of aliphatic hydroxyl groups excluding tert-OH is 1. The van der Waals surface area contributed by atoms with Gasteiger partial charge >= 0.3 is 0 Å². The van der Waals surface area contributed by atoms with Crippen molar-refractivity contribution in [1.82, 2.24) is 4.31 Å². The van der Waals surface area contributed by atoms with Crippen LogP contribution in [0.2, 0.25) is 0 Å². The number of nitrogens with zero attached hydrogens (tertiary/aromatic N) is 1. The summed E-state index contributed by atoms with van der Waals surface area (Å²) in [4.78, 5) is -0.141. The molecule has 1 N–H and O–H groups in total. The average molecular weight is 426 g/mol. The molecule has 2 rings (SSSR count). The molecule has 9 heteroatoms. The third-order valence-corrected chi connectivity index (χ3v) is 8.20. The van der Waals surface area contributed by atoms with Crippen LogP contribution in [0.5, 0.6) is 0 Å². The van der Waals surface area contributed by atoms with Crippen LogP contribution in [0.4, 0.5) is 0 Å². The Balaban J connectivity index is 2.55. The van der Waals surface area contributed by atoms with E-state index in [2.05, 4.69) is 15.9 Å². The highest BCUT2D eigenvalue weighted by molar-refractivity contribution is 9.10. The van der Waals surface area contributed by atoms with Gasteiger partial charge in [-0.05, 0) is 52.9 Å². The highest BCUT2D eigenvalue weighted by atomic mass is 79.9. The SMILES string of the molecule is C[C@H]1CCCN(S(=O)(=O)c2cc(S(C)(=O)=O)ccc2Br)[C@@H]1CO. The molecule has 23 heavy (non-hydrogen) atoms. The van der Waals surface area contributed by atoms with Crippen molar-refractivity contribution in [2.24, 2.45) is 5.92 Å². The Morgan fingerprint density at radius 3 is 2.52 bits per heavy atom. The Bertz CT molecular complexity index is 791. The number of halogens is 1. The molecule has 130 valence electrons. The van der Waals surface area contributed by atoms with Crippen LogP contribution in [0.1, 0.15) is 19.8 Å². The normalized spacial score (nSPS) is 23.8. The Labute approximate surface area is 145 Å². The minimum absolute atomic E-state index is 0.0420. The number of sulfonamides is 1. The van der Waals surface area contributed by atoms with Crippen LogP contribution >= 0.6 is 15.9 Å². The number of sulfone groups is 1.